The summed E-state index contributed by atoms with van der Waals surface area (Å²) in [5.41, 5.74) is 0.482. The van der Waals surface area contributed by atoms with Gasteiger partial charge in [-0.15, -0.1) is 0 Å². The van der Waals surface area contributed by atoms with Gasteiger partial charge in [-0.05, 0) is 41.8 Å². The van der Waals surface area contributed by atoms with Crippen molar-refractivity contribution in [2.24, 2.45) is 4.99 Å². The highest BCUT2D eigenvalue weighted by molar-refractivity contribution is 7.08. The summed E-state index contributed by atoms with van der Waals surface area (Å²) in [6.07, 6.45) is -2.98. The normalized spacial score (nSPS) is 14.4. The summed E-state index contributed by atoms with van der Waals surface area (Å²) in [4.78, 5) is 8.26. The number of rotatable bonds is 8. The predicted molar refractivity (Wildman–Crippen MR) is 102 cm³/mol. The molecule has 0 saturated carbocycles. The van der Waals surface area contributed by atoms with Gasteiger partial charge in [0.2, 0.25) is 5.88 Å². The van der Waals surface area contributed by atoms with Gasteiger partial charge >= 0.3 is 6.18 Å². The molecule has 28 heavy (non-hydrogen) atoms. The van der Waals surface area contributed by atoms with Crippen molar-refractivity contribution >= 4 is 17.3 Å². The maximum absolute atomic E-state index is 12.1. The first-order chi connectivity index (χ1) is 13.2. The molecule has 3 N–H and O–H groups in total. The number of guanidine groups is 1. The lowest BCUT2D eigenvalue weighted by Crippen LogP contribution is -2.44. The van der Waals surface area contributed by atoms with Gasteiger partial charge in [0.1, 0.15) is 5.60 Å². The Morgan fingerprint density at radius 2 is 2.07 bits per heavy atom. The fraction of sp³-hybridized carbons (Fsp3) is 0.444. The third-order valence-corrected chi connectivity index (χ3v) is 4.37. The first-order valence-electron chi connectivity index (χ1n) is 8.61. The average molecular weight is 416 g/mol. The van der Waals surface area contributed by atoms with E-state index in [9.17, 15) is 18.3 Å². The van der Waals surface area contributed by atoms with Crippen LogP contribution in [0.15, 0.2) is 40.1 Å². The molecule has 0 aliphatic heterocycles. The monoisotopic (exact) mass is 416 g/mol. The van der Waals surface area contributed by atoms with Crippen LogP contribution in [-0.2, 0) is 12.1 Å². The molecule has 0 amide bonds. The number of alkyl halides is 3. The van der Waals surface area contributed by atoms with E-state index in [1.165, 1.54) is 23.6 Å². The third-order valence-electron chi connectivity index (χ3n) is 3.69. The zero-order valence-corrected chi connectivity index (χ0v) is 16.4. The van der Waals surface area contributed by atoms with Crippen molar-refractivity contribution in [2.45, 2.75) is 32.2 Å². The molecule has 0 aliphatic rings. The lowest BCUT2D eigenvalue weighted by molar-refractivity contribution is -0.154. The number of pyridine rings is 1. The molecule has 2 aromatic heterocycles. The molecule has 0 radical (unpaired) electrons. The molecule has 1 unspecified atom stereocenters. The molecule has 2 rings (SSSR count). The van der Waals surface area contributed by atoms with Crippen LogP contribution in [0, 0.1) is 0 Å². The van der Waals surface area contributed by atoms with Gasteiger partial charge in [0, 0.05) is 18.8 Å². The number of aliphatic hydroxyl groups is 1. The highest BCUT2D eigenvalue weighted by atomic mass is 32.1. The minimum absolute atomic E-state index is 0.0955. The molecule has 0 aliphatic carbocycles. The second-order valence-corrected chi connectivity index (χ2v) is 7.02. The molecule has 0 saturated heterocycles. The van der Waals surface area contributed by atoms with Crippen LogP contribution >= 0.6 is 11.3 Å². The smallest absolute Gasteiger partial charge is 0.422 e. The number of hydrogen-bond acceptors (Lipinski definition) is 5. The van der Waals surface area contributed by atoms with Gasteiger partial charge in [-0.3, -0.25) is 0 Å². The molecule has 154 valence electrons. The molecule has 0 aromatic carbocycles. The van der Waals surface area contributed by atoms with Gasteiger partial charge < -0.3 is 20.5 Å². The van der Waals surface area contributed by atoms with Crippen molar-refractivity contribution in [3.8, 4) is 5.88 Å². The number of hydrogen-bond donors (Lipinski definition) is 3. The lowest BCUT2D eigenvalue weighted by Gasteiger charge is -2.24. The Hall–Kier alpha value is -2.33. The van der Waals surface area contributed by atoms with Crippen molar-refractivity contribution < 1.29 is 23.0 Å². The number of thiophene rings is 1. The molecule has 0 bridgehead atoms. The Balaban J connectivity index is 1.93. The summed E-state index contributed by atoms with van der Waals surface area (Å²) in [6, 6.07) is 4.84. The molecular formula is C18H23F3N4O2S. The number of aliphatic imine (C=N–C) groups is 1. The highest BCUT2D eigenvalue weighted by Crippen LogP contribution is 2.22. The van der Waals surface area contributed by atoms with Gasteiger partial charge in [0.15, 0.2) is 12.6 Å². The predicted octanol–water partition coefficient (Wildman–Crippen LogP) is 3.05. The van der Waals surface area contributed by atoms with Crippen LogP contribution in [-0.4, -0.2) is 41.9 Å². The van der Waals surface area contributed by atoms with Crippen molar-refractivity contribution in [3.63, 3.8) is 0 Å². The Bertz CT molecular complexity index is 747. The summed E-state index contributed by atoms with van der Waals surface area (Å²) in [7, 11) is 0. The quantitative estimate of drug-likeness (QED) is 0.455. The molecule has 0 spiro atoms. The Kier molecular flexibility index (Phi) is 7.64. The first-order valence-corrected chi connectivity index (χ1v) is 9.55. The fourth-order valence-electron chi connectivity index (χ4n) is 2.19. The van der Waals surface area contributed by atoms with Crippen LogP contribution in [0.1, 0.15) is 25.0 Å². The maximum Gasteiger partial charge on any atom is 0.422 e. The minimum atomic E-state index is -4.40. The number of aromatic nitrogens is 1. The van der Waals surface area contributed by atoms with E-state index in [2.05, 4.69) is 25.3 Å². The van der Waals surface area contributed by atoms with Crippen LogP contribution in [0.2, 0.25) is 0 Å². The van der Waals surface area contributed by atoms with Crippen LogP contribution in [0.3, 0.4) is 0 Å². The van der Waals surface area contributed by atoms with E-state index < -0.39 is 18.4 Å². The van der Waals surface area contributed by atoms with Crippen molar-refractivity contribution in [3.05, 3.63) is 46.3 Å². The van der Waals surface area contributed by atoms with Gasteiger partial charge in [-0.1, -0.05) is 6.07 Å². The highest BCUT2D eigenvalue weighted by Gasteiger charge is 2.28. The molecule has 0 fully saturated rings. The Labute approximate surface area is 165 Å². The van der Waals surface area contributed by atoms with Gasteiger partial charge in [0.05, 0.1) is 13.1 Å². The van der Waals surface area contributed by atoms with Crippen LogP contribution in [0.4, 0.5) is 13.2 Å². The number of halogens is 3. The standard InChI is InChI=1S/C18H23F3N4O2S/c1-3-22-16(25-11-17(2,26)14-6-7-28-10-14)24-9-13-4-5-15(23-8-13)27-12-18(19,20)21/h4-8,10,26H,3,9,11-12H2,1-2H3,(H2,22,24,25). The van der Waals surface area contributed by atoms with Crippen LogP contribution in [0.25, 0.3) is 0 Å². The van der Waals surface area contributed by atoms with Crippen LogP contribution < -0.4 is 15.4 Å². The minimum Gasteiger partial charge on any atom is -0.468 e. The van der Waals surface area contributed by atoms with E-state index in [0.717, 1.165) is 5.56 Å². The lowest BCUT2D eigenvalue weighted by atomic mass is 9.99. The SMILES string of the molecule is CCNC(=NCc1ccc(OCC(F)(F)F)nc1)NCC(C)(O)c1ccsc1. The van der Waals surface area contributed by atoms with Crippen molar-refractivity contribution in [2.75, 3.05) is 19.7 Å². The van der Waals surface area contributed by atoms with Crippen molar-refractivity contribution in [1.82, 2.24) is 15.6 Å². The molecule has 6 nitrogen and oxygen atoms in total. The van der Waals surface area contributed by atoms with E-state index in [4.69, 9.17) is 0 Å². The van der Waals surface area contributed by atoms with Crippen molar-refractivity contribution in [1.29, 1.82) is 0 Å². The molecular weight excluding hydrogens is 393 g/mol. The summed E-state index contributed by atoms with van der Waals surface area (Å²) >= 11 is 1.51. The second-order valence-electron chi connectivity index (χ2n) is 6.24. The molecule has 2 heterocycles. The zero-order valence-electron chi connectivity index (χ0n) is 15.6. The van der Waals surface area contributed by atoms with Gasteiger partial charge in [0.25, 0.3) is 0 Å². The zero-order chi connectivity index (χ0) is 20.6. The molecule has 1 atom stereocenters. The number of nitrogens with one attached hydrogen (secondary N) is 2. The van der Waals surface area contributed by atoms with E-state index in [1.807, 2.05) is 23.8 Å². The second kappa shape index (κ2) is 9.74. The van der Waals surface area contributed by atoms with E-state index >= 15 is 0 Å². The summed E-state index contributed by atoms with van der Waals surface area (Å²) in [5.74, 6) is 0.414. The number of nitrogens with zero attached hydrogens (tertiary/aromatic N) is 2. The van der Waals surface area contributed by atoms with Gasteiger partial charge in [-0.25, -0.2) is 9.98 Å². The number of ether oxygens (including phenoxy) is 1. The summed E-state index contributed by atoms with van der Waals surface area (Å²) in [6.45, 7) is 3.42. The average Bonchev–Trinajstić information content (AvgIpc) is 3.18. The molecule has 10 heteroatoms. The van der Waals surface area contributed by atoms with Gasteiger partial charge in [-0.2, -0.15) is 24.5 Å². The summed E-state index contributed by atoms with van der Waals surface area (Å²) < 4.78 is 41.0. The van der Waals surface area contributed by atoms with E-state index in [1.54, 1.807) is 13.0 Å². The Morgan fingerprint density at radius 3 is 2.64 bits per heavy atom. The van der Waals surface area contributed by atoms with E-state index in [-0.39, 0.29) is 19.0 Å². The topological polar surface area (TPSA) is 78.8 Å². The Morgan fingerprint density at radius 1 is 1.29 bits per heavy atom. The molecule has 2 aromatic rings. The fourth-order valence-corrected chi connectivity index (χ4v) is 2.97. The third kappa shape index (κ3) is 7.35. The maximum atomic E-state index is 12.1. The summed E-state index contributed by atoms with van der Waals surface area (Å²) in [5, 5.41) is 20.5. The largest absolute Gasteiger partial charge is 0.468 e. The first kappa shape index (κ1) is 22.0. The van der Waals surface area contributed by atoms with Crippen LogP contribution in [0.5, 0.6) is 5.88 Å². The van der Waals surface area contributed by atoms with E-state index in [0.29, 0.717) is 18.1 Å².